The van der Waals surface area contributed by atoms with Crippen LogP contribution in [0.2, 0.25) is 0 Å². The molecule has 3 heterocycles. The van der Waals surface area contributed by atoms with E-state index in [0.717, 1.165) is 18.7 Å². The number of H-pyrrole nitrogens is 1. The molecule has 0 radical (unpaired) electrons. The quantitative estimate of drug-likeness (QED) is 0.702. The van der Waals surface area contributed by atoms with Crippen LogP contribution in [0.3, 0.4) is 0 Å². The van der Waals surface area contributed by atoms with Gasteiger partial charge in [-0.05, 0) is 6.92 Å². The van der Waals surface area contributed by atoms with Crippen LogP contribution in [0.4, 0.5) is 4.79 Å². The summed E-state index contributed by atoms with van der Waals surface area (Å²) in [6, 6.07) is 0. The first-order valence-corrected chi connectivity index (χ1v) is 9.90. The summed E-state index contributed by atoms with van der Waals surface area (Å²) in [6.45, 7) is 12.9. The van der Waals surface area contributed by atoms with Gasteiger partial charge in [0.1, 0.15) is 12.3 Å². The van der Waals surface area contributed by atoms with Gasteiger partial charge in [-0.1, -0.05) is 34.1 Å². The number of imidazole rings is 1. The van der Waals surface area contributed by atoms with Crippen LogP contribution in [0.25, 0.3) is 0 Å². The molecule has 0 saturated carbocycles. The van der Waals surface area contributed by atoms with E-state index in [1.807, 2.05) is 20.8 Å². The highest BCUT2D eigenvalue weighted by Gasteiger charge is 2.42. The van der Waals surface area contributed by atoms with Crippen LogP contribution in [-0.2, 0) is 14.3 Å². The summed E-state index contributed by atoms with van der Waals surface area (Å²) in [7, 11) is 1.26. The second-order valence-electron chi connectivity index (χ2n) is 6.12. The number of hydrogen-bond donors (Lipinski definition) is 3. The highest BCUT2D eigenvalue weighted by Crippen LogP contribution is 2.25. The lowest BCUT2D eigenvalue weighted by molar-refractivity contribution is -0.130. The Labute approximate surface area is 168 Å². The number of amides is 2. The van der Waals surface area contributed by atoms with Crippen LogP contribution in [0.1, 0.15) is 46.2 Å². The van der Waals surface area contributed by atoms with Gasteiger partial charge < -0.3 is 24.7 Å². The number of nitrogens with zero attached hydrogens (tertiary/aromatic N) is 2. The van der Waals surface area contributed by atoms with Crippen molar-refractivity contribution in [2.75, 3.05) is 39.9 Å². The molecular weight excluding hydrogens is 362 g/mol. The van der Waals surface area contributed by atoms with E-state index >= 15 is 0 Å². The van der Waals surface area contributed by atoms with Crippen molar-refractivity contribution in [3.05, 3.63) is 18.2 Å². The van der Waals surface area contributed by atoms with Crippen molar-refractivity contribution in [1.29, 1.82) is 0 Å². The first-order valence-electron chi connectivity index (χ1n) is 9.90. The van der Waals surface area contributed by atoms with Crippen molar-refractivity contribution in [3.8, 4) is 0 Å². The number of nitrogens with one attached hydrogen (secondary N) is 3. The molecule has 2 saturated heterocycles. The predicted octanol–water partition coefficient (Wildman–Crippen LogP) is 2.05. The first kappa shape index (κ1) is 25.9. The fourth-order valence-electron chi connectivity index (χ4n) is 2.49. The summed E-state index contributed by atoms with van der Waals surface area (Å²) < 4.78 is 10.0. The number of carbonyl (C=O) groups excluding carboxylic acids is 2. The lowest BCUT2D eigenvalue weighted by Crippen LogP contribution is -2.46. The Morgan fingerprint density at radius 2 is 2.07 bits per heavy atom. The fourth-order valence-corrected chi connectivity index (χ4v) is 2.49. The fraction of sp³-hybridized carbons (Fsp3) is 0.737. The minimum atomic E-state index is -0.595. The summed E-state index contributed by atoms with van der Waals surface area (Å²) >= 11 is 0. The zero-order valence-electron chi connectivity index (χ0n) is 18.1. The number of likely N-dealkylation sites (tertiary alicyclic amines) is 1. The number of methoxy groups -OCH3 is 1. The molecule has 9 heteroatoms. The molecule has 0 bridgehead atoms. The monoisotopic (exact) mass is 399 g/mol. The van der Waals surface area contributed by atoms with E-state index in [4.69, 9.17) is 4.74 Å². The largest absolute Gasteiger partial charge is 0.453 e. The molecule has 3 rings (SSSR count). The zero-order valence-corrected chi connectivity index (χ0v) is 18.1. The van der Waals surface area contributed by atoms with Crippen LogP contribution < -0.4 is 10.6 Å². The molecule has 2 aliphatic rings. The Hall–Kier alpha value is -2.13. The Morgan fingerprint density at radius 1 is 1.39 bits per heavy atom. The van der Waals surface area contributed by atoms with E-state index in [2.05, 4.69) is 39.2 Å². The van der Waals surface area contributed by atoms with Crippen molar-refractivity contribution in [1.82, 2.24) is 25.5 Å². The van der Waals surface area contributed by atoms with E-state index in [9.17, 15) is 9.59 Å². The number of rotatable bonds is 2. The van der Waals surface area contributed by atoms with Crippen LogP contribution in [0, 0.1) is 6.92 Å². The molecule has 28 heavy (non-hydrogen) atoms. The first-order chi connectivity index (χ1) is 13.5. The number of aromatic amines is 1. The third-order valence-corrected chi connectivity index (χ3v) is 3.72. The maximum Gasteiger partial charge on any atom is 0.407 e. The lowest BCUT2D eigenvalue weighted by Gasteiger charge is -2.23. The van der Waals surface area contributed by atoms with Gasteiger partial charge in [-0.2, -0.15) is 0 Å². The van der Waals surface area contributed by atoms with E-state index in [1.165, 1.54) is 13.5 Å². The average molecular weight is 400 g/mol. The maximum atomic E-state index is 11.8. The normalized spacial score (nSPS) is 19.4. The standard InChI is InChI=1S/C10H17N3O4.C4H6N2.C3H8.C2H6/c1-16-9(15)11-6-8(14)13-4-2-10(7-13)12-3-5-17-10;1-4-2-5-3-6-4;1-3-2;1-2/h12H,2-7H2,1H3,(H,11,15);2-3H,1H3,(H,5,6);3H2,1-2H3;1-2H3. The van der Waals surface area contributed by atoms with Crippen molar-refractivity contribution in [2.45, 2.75) is 53.2 Å². The summed E-state index contributed by atoms with van der Waals surface area (Å²) in [5.74, 6) is -0.121. The highest BCUT2D eigenvalue weighted by molar-refractivity contribution is 5.82. The maximum absolute atomic E-state index is 11.8. The summed E-state index contributed by atoms with van der Waals surface area (Å²) in [6.07, 6.45) is 4.88. The molecular formula is C19H37N5O4. The second-order valence-corrected chi connectivity index (χ2v) is 6.12. The minimum Gasteiger partial charge on any atom is -0.453 e. The Morgan fingerprint density at radius 3 is 2.50 bits per heavy atom. The lowest BCUT2D eigenvalue weighted by atomic mass is 10.2. The molecule has 1 atom stereocenters. The van der Waals surface area contributed by atoms with Gasteiger partial charge in [0.05, 0.1) is 26.6 Å². The number of hydrogen-bond acceptors (Lipinski definition) is 6. The third-order valence-electron chi connectivity index (χ3n) is 3.72. The summed E-state index contributed by atoms with van der Waals surface area (Å²) in [4.78, 5) is 31.0. The predicted molar refractivity (Wildman–Crippen MR) is 109 cm³/mol. The zero-order chi connectivity index (χ0) is 21.4. The van der Waals surface area contributed by atoms with E-state index in [1.54, 1.807) is 17.4 Å². The molecule has 9 nitrogen and oxygen atoms in total. The van der Waals surface area contributed by atoms with Gasteiger partial charge in [-0.15, -0.1) is 0 Å². The Bertz CT molecular complexity index is 530. The topological polar surface area (TPSA) is 109 Å². The third kappa shape index (κ3) is 9.70. The second kappa shape index (κ2) is 14.9. The summed E-state index contributed by atoms with van der Waals surface area (Å²) in [5.41, 5.74) is 0.746. The molecule has 1 aromatic heterocycles. The van der Waals surface area contributed by atoms with Gasteiger partial charge in [-0.3, -0.25) is 10.1 Å². The van der Waals surface area contributed by atoms with Crippen molar-refractivity contribution in [2.24, 2.45) is 0 Å². The van der Waals surface area contributed by atoms with Crippen molar-refractivity contribution >= 4 is 12.0 Å². The molecule has 1 unspecified atom stereocenters. The van der Waals surface area contributed by atoms with Gasteiger partial charge in [-0.25, -0.2) is 9.78 Å². The molecule has 2 fully saturated rings. The van der Waals surface area contributed by atoms with Crippen LogP contribution in [0.5, 0.6) is 0 Å². The molecule has 162 valence electrons. The minimum absolute atomic E-state index is 0.0389. The number of carbonyl (C=O) groups is 2. The highest BCUT2D eigenvalue weighted by atomic mass is 16.5. The van der Waals surface area contributed by atoms with E-state index in [-0.39, 0.29) is 18.2 Å². The van der Waals surface area contributed by atoms with Crippen LogP contribution >= 0.6 is 0 Å². The molecule has 2 aliphatic heterocycles. The number of ether oxygens (including phenoxy) is 2. The summed E-state index contributed by atoms with van der Waals surface area (Å²) in [5, 5.41) is 5.64. The number of aryl methyl sites for hydroxylation is 1. The van der Waals surface area contributed by atoms with Crippen molar-refractivity contribution < 1.29 is 19.1 Å². The van der Waals surface area contributed by atoms with Gasteiger partial charge in [0, 0.05) is 31.4 Å². The molecule has 0 aliphatic carbocycles. The van der Waals surface area contributed by atoms with E-state index in [0.29, 0.717) is 19.7 Å². The Kier molecular flexibility index (Phi) is 13.7. The number of alkyl carbamates (subject to hydrolysis) is 1. The van der Waals surface area contributed by atoms with Gasteiger partial charge in [0.2, 0.25) is 5.91 Å². The van der Waals surface area contributed by atoms with E-state index < -0.39 is 6.09 Å². The SMILES string of the molecule is CC.CCC.COC(=O)NCC(=O)N1CCC2(C1)NCCO2.Cc1cnc[nH]1. The molecule has 2 amide bonds. The molecule has 1 aromatic rings. The molecule has 3 N–H and O–H groups in total. The van der Waals surface area contributed by atoms with Crippen LogP contribution in [0.15, 0.2) is 12.5 Å². The molecule has 1 spiro atoms. The van der Waals surface area contributed by atoms with Crippen LogP contribution in [-0.4, -0.2) is 72.5 Å². The molecule has 0 aromatic carbocycles. The van der Waals surface area contributed by atoms with Gasteiger partial charge in [0.25, 0.3) is 0 Å². The van der Waals surface area contributed by atoms with Gasteiger partial charge >= 0.3 is 6.09 Å². The van der Waals surface area contributed by atoms with Crippen molar-refractivity contribution in [3.63, 3.8) is 0 Å². The average Bonchev–Trinajstić information content (AvgIpc) is 3.46. The van der Waals surface area contributed by atoms with Gasteiger partial charge in [0.15, 0.2) is 0 Å². The Balaban J connectivity index is 0.000000547. The smallest absolute Gasteiger partial charge is 0.407 e. The number of aromatic nitrogens is 2.